The summed E-state index contributed by atoms with van der Waals surface area (Å²) < 4.78 is 7.11. The van der Waals surface area contributed by atoms with Gasteiger partial charge in [0, 0.05) is 17.1 Å². The van der Waals surface area contributed by atoms with Gasteiger partial charge < -0.3 is 9.64 Å². The van der Waals surface area contributed by atoms with E-state index in [1.807, 2.05) is 31.2 Å². The Kier molecular flexibility index (Phi) is 5.94. The Balaban J connectivity index is 1.83. The Labute approximate surface area is 210 Å². The molecule has 7 nitrogen and oxygen atoms in total. The minimum absolute atomic E-state index is 0.190. The normalized spacial score (nSPS) is 18.3. The van der Waals surface area contributed by atoms with Crippen LogP contribution in [0.15, 0.2) is 69.6 Å². The minimum Gasteiger partial charge on any atom is -0.463 e. The number of nitrogens with zero attached hydrogens (tertiary/aromatic N) is 3. The fourth-order valence-electron chi connectivity index (χ4n) is 4.62. The summed E-state index contributed by atoms with van der Waals surface area (Å²) in [6.07, 6.45) is 0. The van der Waals surface area contributed by atoms with Crippen LogP contribution in [-0.4, -0.2) is 29.6 Å². The van der Waals surface area contributed by atoms with E-state index in [-0.39, 0.29) is 23.6 Å². The third-order valence-electron chi connectivity index (χ3n) is 6.14. The first-order chi connectivity index (χ1) is 16.9. The molecule has 2 aliphatic heterocycles. The molecule has 1 amide bonds. The number of ether oxygens (including phenoxy) is 1. The molecule has 0 unspecified atom stereocenters. The van der Waals surface area contributed by atoms with Gasteiger partial charge in [0.15, 0.2) is 4.80 Å². The molecule has 0 saturated heterocycles. The maximum atomic E-state index is 14.0. The van der Waals surface area contributed by atoms with E-state index >= 15 is 0 Å². The number of hydrogen-bond donors (Lipinski definition) is 0. The molecule has 178 valence electrons. The smallest absolute Gasteiger partial charge is 0.338 e. The molecule has 0 saturated carbocycles. The lowest BCUT2D eigenvalue weighted by Crippen LogP contribution is -2.41. The number of likely N-dealkylation sites (N-methyl/N-ethyl adjacent to an activating group) is 1. The summed E-state index contributed by atoms with van der Waals surface area (Å²) >= 11 is 7.27. The molecule has 0 radical (unpaired) electrons. The number of esters is 1. The van der Waals surface area contributed by atoms with Crippen LogP contribution in [0.5, 0.6) is 0 Å². The fraction of sp³-hybridized carbons (Fsp3) is 0.231. The second kappa shape index (κ2) is 8.94. The number of amides is 1. The van der Waals surface area contributed by atoms with Gasteiger partial charge in [0.2, 0.25) is 0 Å². The number of carbonyl (C=O) groups excluding carboxylic acids is 2. The standard InChI is InChI=1S/C26H22ClN3O4S/c1-4-29-18-9-7-6-8-17(18)20(23(29)31)22-24(32)30-21(15-10-12-16(27)13-11-15)19(25(33)34-5-2)14(3)28-26(30)35-22/h6-13,21H,4-5H2,1-3H3/t21-/m0/s1. The maximum Gasteiger partial charge on any atom is 0.338 e. The number of thiazole rings is 1. The van der Waals surface area contributed by atoms with Crippen LogP contribution in [-0.2, 0) is 14.3 Å². The average molecular weight is 508 g/mol. The van der Waals surface area contributed by atoms with Crippen molar-refractivity contribution in [2.75, 3.05) is 18.1 Å². The molecule has 2 aromatic carbocycles. The first kappa shape index (κ1) is 23.3. The predicted octanol–water partition coefficient (Wildman–Crippen LogP) is 3.19. The molecule has 5 rings (SSSR count). The number of allylic oxidation sites excluding steroid dienone is 1. The molecule has 1 atom stereocenters. The first-order valence-corrected chi connectivity index (χ1v) is 12.5. The largest absolute Gasteiger partial charge is 0.463 e. The number of fused-ring (bicyclic) bond motifs is 2. The van der Waals surface area contributed by atoms with E-state index in [1.54, 1.807) is 43.0 Å². The zero-order valence-electron chi connectivity index (χ0n) is 19.4. The van der Waals surface area contributed by atoms with Gasteiger partial charge in [-0.2, -0.15) is 0 Å². The van der Waals surface area contributed by atoms with E-state index in [2.05, 4.69) is 4.99 Å². The zero-order valence-corrected chi connectivity index (χ0v) is 20.9. The summed E-state index contributed by atoms with van der Waals surface area (Å²) in [6, 6.07) is 13.7. The number of anilines is 1. The molecular formula is C26H22ClN3O4S. The molecule has 0 fully saturated rings. The molecule has 35 heavy (non-hydrogen) atoms. The molecule has 0 aliphatic carbocycles. The van der Waals surface area contributed by atoms with Gasteiger partial charge in [0.05, 0.1) is 35.2 Å². The van der Waals surface area contributed by atoms with Gasteiger partial charge in [-0.25, -0.2) is 9.79 Å². The van der Waals surface area contributed by atoms with E-state index in [0.29, 0.717) is 43.3 Å². The third kappa shape index (κ3) is 3.64. The van der Waals surface area contributed by atoms with Gasteiger partial charge in [0.1, 0.15) is 4.53 Å². The summed E-state index contributed by atoms with van der Waals surface area (Å²) in [5.74, 6) is -0.755. The van der Waals surface area contributed by atoms with Crippen LogP contribution in [0.4, 0.5) is 5.69 Å². The number of rotatable bonds is 4. The summed E-state index contributed by atoms with van der Waals surface area (Å²) in [6.45, 7) is 6.02. The third-order valence-corrected chi connectivity index (χ3v) is 7.45. The fourth-order valence-corrected chi connectivity index (χ4v) is 5.88. The van der Waals surface area contributed by atoms with Crippen molar-refractivity contribution in [1.29, 1.82) is 0 Å². The highest BCUT2D eigenvalue weighted by Gasteiger charge is 2.36. The van der Waals surface area contributed by atoms with E-state index in [1.165, 1.54) is 4.57 Å². The maximum absolute atomic E-state index is 14.0. The number of benzene rings is 2. The van der Waals surface area contributed by atoms with Crippen molar-refractivity contribution >= 4 is 46.1 Å². The van der Waals surface area contributed by atoms with Crippen LogP contribution in [0.25, 0.3) is 5.57 Å². The van der Waals surface area contributed by atoms with Crippen molar-refractivity contribution in [1.82, 2.24) is 4.57 Å². The summed E-state index contributed by atoms with van der Waals surface area (Å²) in [7, 11) is 0. The molecule has 3 aromatic rings. The molecule has 2 aliphatic rings. The highest BCUT2D eigenvalue weighted by molar-refractivity contribution is 7.07. The van der Waals surface area contributed by atoms with Crippen LogP contribution in [0.2, 0.25) is 5.02 Å². The Morgan fingerprint density at radius 1 is 1.11 bits per heavy atom. The molecule has 0 bridgehead atoms. The molecule has 3 heterocycles. The highest BCUT2D eigenvalue weighted by Crippen LogP contribution is 2.35. The Bertz CT molecular complexity index is 1580. The first-order valence-electron chi connectivity index (χ1n) is 11.3. The number of hydrogen-bond acceptors (Lipinski definition) is 6. The van der Waals surface area contributed by atoms with Gasteiger partial charge in [-0.15, -0.1) is 0 Å². The van der Waals surface area contributed by atoms with Crippen molar-refractivity contribution in [2.24, 2.45) is 4.99 Å². The van der Waals surface area contributed by atoms with Crippen molar-refractivity contribution < 1.29 is 14.3 Å². The van der Waals surface area contributed by atoms with Crippen LogP contribution >= 0.6 is 22.9 Å². The van der Waals surface area contributed by atoms with E-state index in [0.717, 1.165) is 17.0 Å². The number of carbonyl (C=O) groups is 2. The van der Waals surface area contributed by atoms with Crippen LogP contribution in [0.1, 0.15) is 37.9 Å². The molecule has 1 aromatic heterocycles. The zero-order chi connectivity index (χ0) is 24.9. The second-order valence-corrected chi connectivity index (χ2v) is 9.53. The van der Waals surface area contributed by atoms with E-state index in [4.69, 9.17) is 16.3 Å². The molecule has 0 N–H and O–H groups in total. The lowest BCUT2D eigenvalue weighted by molar-refractivity contribution is -0.139. The molecule has 0 spiro atoms. The van der Waals surface area contributed by atoms with Crippen LogP contribution < -0.4 is 19.8 Å². The molecule has 9 heteroatoms. The average Bonchev–Trinajstić information content (AvgIpc) is 3.31. The van der Waals surface area contributed by atoms with Gasteiger partial charge in [-0.1, -0.05) is 53.3 Å². The van der Waals surface area contributed by atoms with Crippen molar-refractivity contribution in [3.8, 4) is 0 Å². The van der Waals surface area contributed by atoms with E-state index in [9.17, 15) is 14.4 Å². The number of para-hydroxylation sites is 1. The number of halogens is 1. The van der Waals surface area contributed by atoms with Crippen molar-refractivity contribution in [2.45, 2.75) is 26.8 Å². The van der Waals surface area contributed by atoms with Gasteiger partial charge in [0.25, 0.3) is 11.5 Å². The Morgan fingerprint density at radius 2 is 1.83 bits per heavy atom. The summed E-state index contributed by atoms with van der Waals surface area (Å²) in [5.41, 5.74) is 2.92. The topological polar surface area (TPSA) is 81.0 Å². The number of aromatic nitrogens is 1. The van der Waals surface area contributed by atoms with Gasteiger partial charge in [-0.3, -0.25) is 14.2 Å². The SMILES string of the molecule is CCOC(=O)C1=C(C)N=c2sc(=C3C(=O)N(CC)c4ccccc43)c(=O)n2[C@H]1c1ccc(Cl)cc1. The predicted molar refractivity (Wildman–Crippen MR) is 135 cm³/mol. The van der Waals surface area contributed by atoms with Gasteiger partial charge in [-0.05, 0) is 44.5 Å². The van der Waals surface area contributed by atoms with Crippen molar-refractivity contribution in [3.05, 3.63) is 95.6 Å². The summed E-state index contributed by atoms with van der Waals surface area (Å²) in [5, 5.41) is 0.537. The quantitative estimate of drug-likeness (QED) is 0.508. The van der Waals surface area contributed by atoms with Crippen LogP contribution in [0, 0.1) is 0 Å². The molecular weight excluding hydrogens is 486 g/mol. The minimum atomic E-state index is -0.758. The Hall–Kier alpha value is -3.49. The van der Waals surface area contributed by atoms with Crippen molar-refractivity contribution in [3.63, 3.8) is 0 Å². The van der Waals surface area contributed by atoms with E-state index < -0.39 is 12.0 Å². The lowest BCUT2D eigenvalue weighted by Gasteiger charge is -2.24. The van der Waals surface area contributed by atoms with Gasteiger partial charge >= 0.3 is 5.97 Å². The highest BCUT2D eigenvalue weighted by atomic mass is 35.5. The Morgan fingerprint density at radius 3 is 2.51 bits per heavy atom. The lowest BCUT2D eigenvalue weighted by atomic mass is 9.96. The monoisotopic (exact) mass is 507 g/mol. The second-order valence-electron chi connectivity index (χ2n) is 8.12. The summed E-state index contributed by atoms with van der Waals surface area (Å²) in [4.78, 5) is 47.0. The van der Waals surface area contributed by atoms with Crippen LogP contribution in [0.3, 0.4) is 0 Å².